The van der Waals surface area contributed by atoms with E-state index in [4.69, 9.17) is 4.74 Å². The molecule has 0 unspecified atom stereocenters. The first-order chi connectivity index (χ1) is 16.5. The Morgan fingerprint density at radius 3 is 1.97 bits per heavy atom. The molecule has 35 heavy (non-hydrogen) atoms. The van der Waals surface area contributed by atoms with Crippen molar-refractivity contribution < 1.29 is 19.1 Å². The molecule has 2 amide bonds. The van der Waals surface area contributed by atoms with Crippen LogP contribution in [0.4, 0.5) is 4.79 Å². The molecule has 190 valence electrons. The number of thioether (sulfide) groups is 1. The lowest BCUT2D eigenvalue weighted by atomic mass is 10.00. The molecular weight excluding hydrogens is 460 g/mol. The van der Waals surface area contributed by atoms with Gasteiger partial charge in [0.1, 0.15) is 12.6 Å². The van der Waals surface area contributed by atoms with Gasteiger partial charge in [-0.1, -0.05) is 95.3 Å². The van der Waals surface area contributed by atoms with Gasteiger partial charge in [-0.05, 0) is 29.9 Å². The van der Waals surface area contributed by atoms with Gasteiger partial charge in [-0.15, -0.1) is 11.8 Å². The monoisotopic (exact) mass is 498 g/mol. The molecule has 2 N–H and O–H groups in total. The molecule has 0 saturated carbocycles. The molecule has 2 aromatic carbocycles. The van der Waals surface area contributed by atoms with Crippen molar-refractivity contribution in [2.24, 2.45) is 5.92 Å². The third-order valence-corrected chi connectivity index (χ3v) is 6.46. The quantitative estimate of drug-likeness (QED) is 0.422. The maximum atomic E-state index is 13.3. The topological polar surface area (TPSA) is 84.5 Å². The van der Waals surface area contributed by atoms with Crippen LogP contribution in [0.15, 0.2) is 60.7 Å². The zero-order valence-electron chi connectivity index (χ0n) is 21.4. The second-order valence-corrected chi connectivity index (χ2v) is 11.8. The van der Waals surface area contributed by atoms with E-state index in [1.165, 1.54) is 0 Å². The molecule has 0 aliphatic heterocycles. The Labute approximate surface area is 213 Å². The summed E-state index contributed by atoms with van der Waals surface area (Å²) in [4.78, 5) is 38.8. The fourth-order valence-electron chi connectivity index (χ4n) is 3.37. The van der Waals surface area contributed by atoms with Crippen molar-refractivity contribution in [1.29, 1.82) is 0 Å². The van der Waals surface area contributed by atoms with Crippen LogP contribution in [0.1, 0.15) is 52.2 Å². The maximum Gasteiger partial charge on any atom is 0.408 e. The van der Waals surface area contributed by atoms with Gasteiger partial charge in [0, 0.05) is 4.75 Å². The normalized spacial score (nSPS) is 13.1. The Balaban J connectivity index is 2.08. The largest absolute Gasteiger partial charge is 0.445 e. The highest BCUT2D eigenvalue weighted by Crippen LogP contribution is 2.23. The molecular formula is C28H38N2O4S. The lowest BCUT2D eigenvalue weighted by molar-refractivity contribution is -0.128. The summed E-state index contributed by atoms with van der Waals surface area (Å²) < 4.78 is 5.25. The molecule has 7 heteroatoms. The summed E-state index contributed by atoms with van der Waals surface area (Å²) >= 11 is 1.55. The van der Waals surface area contributed by atoms with Crippen molar-refractivity contribution in [3.8, 4) is 0 Å². The number of nitrogens with one attached hydrogen (secondary N) is 2. The number of hydrogen-bond donors (Lipinski definition) is 2. The molecule has 2 aromatic rings. The van der Waals surface area contributed by atoms with Crippen molar-refractivity contribution >= 4 is 29.5 Å². The van der Waals surface area contributed by atoms with Gasteiger partial charge in [-0.25, -0.2) is 4.79 Å². The van der Waals surface area contributed by atoms with Gasteiger partial charge in [0.15, 0.2) is 5.78 Å². The summed E-state index contributed by atoms with van der Waals surface area (Å²) in [6, 6.07) is 17.5. The number of carbonyl (C=O) groups is 3. The molecule has 0 fully saturated rings. The fraction of sp³-hybridized carbons (Fsp3) is 0.464. The van der Waals surface area contributed by atoms with Crippen molar-refractivity contribution in [2.75, 3.05) is 5.75 Å². The standard InChI is InChI=1S/C28H38N2O4S/c1-20(2)16-24(30-27(33)34-18-22-14-10-7-11-15-22)26(32)29-23(17-21-12-8-6-9-13-21)25(31)19-35-28(3,4)5/h6-15,20,23-24H,16-19H2,1-5H3,(H,29,32)(H,30,33)/t23-,24-/m0/s1. The van der Waals surface area contributed by atoms with Crippen molar-refractivity contribution in [2.45, 2.75) is 70.9 Å². The van der Waals surface area contributed by atoms with Gasteiger partial charge in [0.2, 0.25) is 5.91 Å². The number of ether oxygens (including phenoxy) is 1. The zero-order chi connectivity index (χ0) is 25.8. The third-order valence-electron chi connectivity index (χ3n) is 5.16. The molecule has 0 bridgehead atoms. The zero-order valence-corrected chi connectivity index (χ0v) is 22.2. The molecule has 0 radical (unpaired) electrons. The predicted octanol–water partition coefficient (Wildman–Crippen LogP) is 5.16. The average molecular weight is 499 g/mol. The lowest BCUT2D eigenvalue weighted by Crippen LogP contribution is -2.53. The Morgan fingerprint density at radius 2 is 1.43 bits per heavy atom. The smallest absolute Gasteiger partial charge is 0.408 e. The van der Waals surface area contributed by atoms with E-state index in [0.29, 0.717) is 18.6 Å². The molecule has 0 aliphatic carbocycles. The van der Waals surface area contributed by atoms with Crippen LogP contribution in [0.2, 0.25) is 0 Å². The average Bonchev–Trinajstić information content (AvgIpc) is 2.81. The van der Waals surface area contributed by atoms with Crippen LogP contribution in [0, 0.1) is 5.92 Å². The number of rotatable bonds is 12. The summed E-state index contributed by atoms with van der Waals surface area (Å²) in [6.45, 7) is 10.2. The second-order valence-electron chi connectivity index (χ2n) is 10.0. The summed E-state index contributed by atoms with van der Waals surface area (Å²) in [5, 5.41) is 5.61. The summed E-state index contributed by atoms with van der Waals surface area (Å²) in [5.74, 6) is 0.0187. The van der Waals surface area contributed by atoms with Gasteiger partial charge >= 0.3 is 6.09 Å². The van der Waals surface area contributed by atoms with Crippen LogP contribution in [0.3, 0.4) is 0 Å². The molecule has 0 aliphatic rings. The minimum atomic E-state index is -0.806. The molecule has 2 atom stereocenters. The van der Waals surface area contributed by atoms with E-state index in [1.807, 2.05) is 74.5 Å². The Hall–Kier alpha value is -2.80. The third kappa shape index (κ3) is 11.5. The number of Topliss-reactive ketones (excluding diaryl/α,β-unsaturated/α-hetero) is 1. The van der Waals surface area contributed by atoms with E-state index >= 15 is 0 Å². The molecule has 0 heterocycles. The fourth-order valence-corrected chi connectivity index (χ4v) is 4.14. The van der Waals surface area contributed by atoms with E-state index in [9.17, 15) is 14.4 Å². The highest BCUT2D eigenvalue weighted by molar-refractivity contribution is 8.01. The van der Waals surface area contributed by atoms with Crippen LogP contribution in [0.5, 0.6) is 0 Å². The van der Waals surface area contributed by atoms with Crippen LogP contribution in [-0.4, -0.2) is 40.4 Å². The molecule has 2 rings (SSSR count). The highest BCUT2D eigenvalue weighted by atomic mass is 32.2. The van der Waals surface area contributed by atoms with E-state index in [-0.39, 0.29) is 29.0 Å². The molecule has 0 saturated heterocycles. The molecule has 0 aromatic heterocycles. The first-order valence-electron chi connectivity index (χ1n) is 12.0. The van der Waals surface area contributed by atoms with E-state index in [1.54, 1.807) is 11.8 Å². The SMILES string of the molecule is CC(C)C[C@H](NC(=O)OCc1ccccc1)C(=O)N[C@@H](Cc1ccccc1)C(=O)CSC(C)(C)C. The van der Waals surface area contributed by atoms with E-state index in [2.05, 4.69) is 31.4 Å². The van der Waals surface area contributed by atoms with Crippen molar-refractivity contribution in [3.63, 3.8) is 0 Å². The van der Waals surface area contributed by atoms with E-state index in [0.717, 1.165) is 11.1 Å². The number of hydrogen-bond acceptors (Lipinski definition) is 5. The molecule has 0 spiro atoms. The summed E-state index contributed by atoms with van der Waals surface area (Å²) in [7, 11) is 0. The molecule has 6 nitrogen and oxygen atoms in total. The highest BCUT2D eigenvalue weighted by Gasteiger charge is 2.28. The van der Waals surface area contributed by atoms with Crippen LogP contribution in [-0.2, 0) is 27.4 Å². The van der Waals surface area contributed by atoms with Crippen LogP contribution < -0.4 is 10.6 Å². The summed E-state index contributed by atoms with van der Waals surface area (Å²) in [6.07, 6.45) is 0.155. The Morgan fingerprint density at radius 1 is 0.857 bits per heavy atom. The van der Waals surface area contributed by atoms with Crippen molar-refractivity contribution in [1.82, 2.24) is 10.6 Å². The van der Waals surface area contributed by atoms with Gasteiger partial charge < -0.3 is 15.4 Å². The lowest BCUT2D eigenvalue weighted by Gasteiger charge is -2.25. The Kier molecular flexibility index (Phi) is 11.3. The number of ketones is 1. The van der Waals surface area contributed by atoms with Gasteiger partial charge in [-0.2, -0.15) is 0 Å². The second kappa shape index (κ2) is 13.9. The minimum absolute atomic E-state index is 0.0444. The number of amides is 2. The van der Waals surface area contributed by atoms with Crippen LogP contribution in [0.25, 0.3) is 0 Å². The number of benzene rings is 2. The van der Waals surface area contributed by atoms with Gasteiger partial charge in [0.25, 0.3) is 0 Å². The van der Waals surface area contributed by atoms with Gasteiger partial charge in [0.05, 0.1) is 11.8 Å². The number of carbonyl (C=O) groups excluding carboxylic acids is 3. The first kappa shape index (κ1) is 28.4. The van der Waals surface area contributed by atoms with E-state index < -0.39 is 18.2 Å². The Bertz CT molecular complexity index is 942. The van der Waals surface area contributed by atoms with Crippen molar-refractivity contribution in [3.05, 3.63) is 71.8 Å². The maximum absolute atomic E-state index is 13.3. The predicted molar refractivity (Wildman–Crippen MR) is 142 cm³/mol. The first-order valence-corrected chi connectivity index (χ1v) is 13.0. The van der Waals surface area contributed by atoms with Crippen LogP contribution >= 0.6 is 11.8 Å². The summed E-state index contributed by atoms with van der Waals surface area (Å²) in [5.41, 5.74) is 1.82. The van der Waals surface area contributed by atoms with Gasteiger partial charge in [-0.3, -0.25) is 9.59 Å². The number of alkyl carbamates (subject to hydrolysis) is 1. The minimum Gasteiger partial charge on any atom is -0.445 e.